The van der Waals surface area contributed by atoms with Gasteiger partial charge in [-0.1, -0.05) is 68.5 Å². The van der Waals surface area contributed by atoms with Gasteiger partial charge in [-0.25, -0.2) is 4.79 Å². The third-order valence-electron chi connectivity index (χ3n) is 5.10. The molecule has 7 nitrogen and oxygen atoms in total. The van der Waals surface area contributed by atoms with Gasteiger partial charge in [0.15, 0.2) is 0 Å². The van der Waals surface area contributed by atoms with Gasteiger partial charge in [-0.15, -0.1) is 5.06 Å². The molecular weight excluding hydrogens is 408 g/mol. The van der Waals surface area contributed by atoms with Crippen LogP contribution < -0.4 is 4.90 Å². The van der Waals surface area contributed by atoms with Crippen LogP contribution in [-0.4, -0.2) is 28.8 Å². The Morgan fingerprint density at radius 3 is 2.16 bits per heavy atom. The third-order valence-corrected chi connectivity index (χ3v) is 5.10. The standard InChI is InChI=1S/C23H20N2O5.C2H6/c26-20(13-14-23(29)30-25-21(27)11-12-22(25)28)24-15-18-7-2-1-5-16(18)9-10-17-6-3-4-8-19(17)24;1-2/h1-10H,11-15H2;1-2H3/b10-9-;. The van der Waals surface area contributed by atoms with Gasteiger partial charge in [-0.2, -0.15) is 0 Å². The summed E-state index contributed by atoms with van der Waals surface area (Å²) < 4.78 is 0. The molecule has 7 heteroatoms. The lowest BCUT2D eigenvalue weighted by atomic mass is 10.0. The van der Waals surface area contributed by atoms with Crippen LogP contribution in [0.4, 0.5) is 5.69 Å². The second-order valence-corrected chi connectivity index (χ2v) is 7.12. The van der Waals surface area contributed by atoms with Crippen molar-refractivity contribution < 1.29 is 24.0 Å². The van der Waals surface area contributed by atoms with Crippen molar-refractivity contribution in [3.8, 4) is 0 Å². The van der Waals surface area contributed by atoms with Crippen LogP contribution >= 0.6 is 0 Å². The molecule has 2 aromatic carbocycles. The predicted molar refractivity (Wildman–Crippen MR) is 121 cm³/mol. The quantitative estimate of drug-likeness (QED) is 0.676. The molecule has 0 unspecified atom stereocenters. The lowest BCUT2D eigenvalue weighted by Gasteiger charge is -2.27. The van der Waals surface area contributed by atoms with E-state index in [2.05, 4.69) is 0 Å². The topological polar surface area (TPSA) is 84.0 Å². The Morgan fingerprint density at radius 1 is 0.844 bits per heavy atom. The first-order valence-corrected chi connectivity index (χ1v) is 10.7. The Balaban J connectivity index is 0.00000141. The van der Waals surface area contributed by atoms with E-state index in [1.165, 1.54) is 0 Å². The monoisotopic (exact) mass is 434 g/mol. The van der Waals surface area contributed by atoms with E-state index in [0.717, 1.165) is 22.4 Å². The third kappa shape index (κ3) is 5.11. The Kier molecular flexibility index (Phi) is 7.54. The van der Waals surface area contributed by atoms with Crippen molar-refractivity contribution in [2.75, 3.05) is 4.90 Å². The van der Waals surface area contributed by atoms with Crippen molar-refractivity contribution >= 4 is 41.5 Å². The van der Waals surface area contributed by atoms with Crippen LogP contribution in [0.2, 0.25) is 0 Å². The molecule has 3 amide bonds. The minimum Gasteiger partial charge on any atom is -0.330 e. The van der Waals surface area contributed by atoms with Gasteiger partial charge in [0.05, 0.1) is 18.7 Å². The van der Waals surface area contributed by atoms with Crippen LogP contribution in [0.25, 0.3) is 12.2 Å². The molecular formula is C25H26N2O5. The normalized spacial score (nSPS) is 15.6. The minimum atomic E-state index is -0.785. The average molecular weight is 434 g/mol. The SMILES string of the molecule is CC.O=C(CCC(=O)N1Cc2ccccc2/C=C\c2ccccc21)ON1C(=O)CCC1=O. The number of hydroxylamine groups is 2. The van der Waals surface area contributed by atoms with Crippen molar-refractivity contribution in [1.82, 2.24) is 5.06 Å². The summed E-state index contributed by atoms with van der Waals surface area (Å²) in [5, 5.41) is 0.499. The van der Waals surface area contributed by atoms with Gasteiger partial charge in [0.2, 0.25) is 5.91 Å². The summed E-state index contributed by atoms with van der Waals surface area (Å²) >= 11 is 0. The van der Waals surface area contributed by atoms with Gasteiger partial charge in [0.25, 0.3) is 11.8 Å². The first-order valence-electron chi connectivity index (χ1n) is 10.7. The number of carbonyl (C=O) groups is 4. The van der Waals surface area contributed by atoms with Crippen LogP contribution in [0.3, 0.4) is 0 Å². The van der Waals surface area contributed by atoms with Crippen molar-refractivity contribution in [2.24, 2.45) is 0 Å². The number of nitrogens with zero attached hydrogens (tertiary/aromatic N) is 2. The molecule has 32 heavy (non-hydrogen) atoms. The Hall–Kier alpha value is -3.74. The number of anilines is 1. The summed E-state index contributed by atoms with van der Waals surface area (Å²) in [5.74, 6) is -2.11. The number of fused-ring (bicyclic) bond motifs is 2. The van der Waals surface area contributed by atoms with Crippen LogP contribution in [0, 0.1) is 0 Å². The number of carbonyl (C=O) groups excluding carboxylic acids is 4. The molecule has 2 heterocycles. The van der Waals surface area contributed by atoms with Crippen LogP contribution in [0.5, 0.6) is 0 Å². The van der Waals surface area contributed by atoms with E-state index in [-0.39, 0.29) is 31.6 Å². The van der Waals surface area contributed by atoms with Gasteiger partial charge >= 0.3 is 5.97 Å². The van der Waals surface area contributed by atoms with E-state index in [4.69, 9.17) is 4.84 Å². The smallest absolute Gasteiger partial charge is 0.330 e. The van der Waals surface area contributed by atoms with Gasteiger partial charge in [0, 0.05) is 19.3 Å². The first-order chi connectivity index (χ1) is 15.5. The zero-order valence-corrected chi connectivity index (χ0v) is 18.2. The zero-order valence-electron chi connectivity index (χ0n) is 18.2. The summed E-state index contributed by atoms with van der Waals surface area (Å²) in [6.45, 7) is 4.37. The van der Waals surface area contributed by atoms with Crippen molar-refractivity contribution in [1.29, 1.82) is 0 Å². The van der Waals surface area contributed by atoms with Gasteiger partial charge in [0.1, 0.15) is 0 Å². The van der Waals surface area contributed by atoms with Gasteiger partial charge < -0.3 is 9.74 Å². The van der Waals surface area contributed by atoms with Crippen LogP contribution in [0.15, 0.2) is 48.5 Å². The van der Waals surface area contributed by atoms with Crippen LogP contribution in [0.1, 0.15) is 56.2 Å². The highest BCUT2D eigenvalue weighted by atomic mass is 16.7. The Bertz CT molecular complexity index is 1040. The molecule has 0 bridgehead atoms. The zero-order chi connectivity index (χ0) is 23.1. The first kappa shape index (κ1) is 22.9. The summed E-state index contributed by atoms with van der Waals surface area (Å²) in [5.41, 5.74) is 3.67. The van der Waals surface area contributed by atoms with Crippen molar-refractivity contribution in [3.05, 3.63) is 65.2 Å². The van der Waals surface area contributed by atoms with E-state index < -0.39 is 17.8 Å². The fraction of sp³-hybridized carbons (Fsp3) is 0.280. The summed E-state index contributed by atoms with van der Waals surface area (Å²) in [7, 11) is 0. The molecule has 2 aliphatic heterocycles. The van der Waals surface area contributed by atoms with Crippen molar-refractivity contribution in [2.45, 2.75) is 46.1 Å². The lowest BCUT2D eigenvalue weighted by Crippen LogP contribution is -2.34. The van der Waals surface area contributed by atoms with Gasteiger partial charge in [-0.3, -0.25) is 14.4 Å². The second kappa shape index (κ2) is 10.5. The molecule has 0 radical (unpaired) electrons. The molecule has 0 aliphatic carbocycles. The highest BCUT2D eigenvalue weighted by molar-refractivity contribution is 6.02. The highest BCUT2D eigenvalue weighted by Crippen LogP contribution is 2.29. The molecule has 0 N–H and O–H groups in total. The van der Waals surface area contributed by atoms with E-state index in [1.807, 2.05) is 74.5 Å². The minimum absolute atomic E-state index is 0.0303. The van der Waals surface area contributed by atoms with Crippen LogP contribution in [-0.2, 0) is 30.6 Å². The summed E-state index contributed by atoms with van der Waals surface area (Å²) in [6.07, 6.45) is 3.72. The number of hydrogen-bond acceptors (Lipinski definition) is 5. The Labute approximate surface area is 187 Å². The molecule has 1 fully saturated rings. The maximum Gasteiger partial charge on any atom is 0.333 e. The number of benzene rings is 2. The van der Waals surface area contributed by atoms with Crippen molar-refractivity contribution in [3.63, 3.8) is 0 Å². The number of amides is 3. The summed E-state index contributed by atoms with van der Waals surface area (Å²) in [6, 6.07) is 15.4. The maximum absolute atomic E-state index is 13.1. The molecule has 2 aliphatic rings. The highest BCUT2D eigenvalue weighted by Gasteiger charge is 2.33. The number of hydrogen-bond donors (Lipinski definition) is 0. The number of imide groups is 1. The van der Waals surface area contributed by atoms with E-state index >= 15 is 0 Å². The van der Waals surface area contributed by atoms with Gasteiger partial charge in [-0.05, 0) is 22.8 Å². The molecule has 0 spiro atoms. The molecule has 2 aromatic rings. The van der Waals surface area contributed by atoms with E-state index in [9.17, 15) is 19.2 Å². The Morgan fingerprint density at radius 2 is 1.44 bits per heavy atom. The fourth-order valence-electron chi connectivity index (χ4n) is 3.52. The average Bonchev–Trinajstić information content (AvgIpc) is 3.12. The predicted octanol–water partition coefficient (Wildman–Crippen LogP) is 4.12. The van der Waals surface area contributed by atoms with E-state index in [1.54, 1.807) is 4.90 Å². The molecule has 166 valence electrons. The second-order valence-electron chi connectivity index (χ2n) is 7.12. The molecule has 0 atom stereocenters. The summed E-state index contributed by atoms with van der Waals surface area (Å²) in [4.78, 5) is 54.8. The fourth-order valence-corrected chi connectivity index (χ4v) is 3.52. The molecule has 0 saturated carbocycles. The largest absolute Gasteiger partial charge is 0.333 e. The number of rotatable bonds is 4. The molecule has 1 saturated heterocycles. The molecule has 0 aromatic heterocycles. The lowest BCUT2D eigenvalue weighted by molar-refractivity contribution is -0.197. The van der Waals surface area contributed by atoms with E-state index in [0.29, 0.717) is 11.6 Å². The molecule has 4 rings (SSSR count). The maximum atomic E-state index is 13.1. The number of para-hydroxylation sites is 1.